The van der Waals surface area contributed by atoms with Crippen LogP contribution in [-0.2, 0) is 4.79 Å². The number of amides is 1. The molecule has 0 spiro atoms. The number of anilines is 1. The number of nitrogens with one attached hydrogen (secondary N) is 1. The van der Waals surface area contributed by atoms with Gasteiger partial charge in [-0.1, -0.05) is 6.07 Å². The molecule has 0 aliphatic heterocycles. The van der Waals surface area contributed by atoms with Crippen molar-refractivity contribution in [3.8, 4) is 0 Å². The highest BCUT2D eigenvalue weighted by Gasteiger charge is 2.05. The molecule has 0 radical (unpaired) electrons. The van der Waals surface area contributed by atoms with Gasteiger partial charge in [0.2, 0.25) is 5.91 Å². The normalized spacial score (nSPS) is 10.2. The molecule has 0 heterocycles. The number of unbranched alkanes of at least 4 members (excludes halogenated alkanes) is 1. The summed E-state index contributed by atoms with van der Waals surface area (Å²) in [5, 5.41) is 11.2. The van der Waals surface area contributed by atoms with E-state index in [0.29, 0.717) is 24.9 Å². The average Bonchev–Trinajstić information content (AvgIpc) is 2.24. The summed E-state index contributed by atoms with van der Waals surface area (Å²) in [5.74, 6) is -0.515. The van der Waals surface area contributed by atoms with Gasteiger partial charge in [-0.3, -0.25) is 4.79 Å². The van der Waals surface area contributed by atoms with Crippen LogP contribution < -0.4 is 5.32 Å². The number of hydrogen-bond donors (Lipinski definition) is 2. The SMILES string of the molecule is Cc1ccc(F)cc1NC(=O)CCCCO. The first-order chi connectivity index (χ1) is 7.63. The number of rotatable bonds is 5. The number of aliphatic hydroxyl groups excluding tert-OH is 1. The first-order valence-corrected chi connectivity index (χ1v) is 5.30. The summed E-state index contributed by atoms with van der Waals surface area (Å²) in [4.78, 5) is 11.4. The molecule has 1 rings (SSSR count). The maximum atomic E-state index is 12.9. The number of halogens is 1. The van der Waals surface area contributed by atoms with Crippen molar-refractivity contribution in [2.75, 3.05) is 11.9 Å². The average molecular weight is 225 g/mol. The quantitative estimate of drug-likeness (QED) is 0.755. The fraction of sp³-hybridized carbons (Fsp3) is 0.417. The van der Waals surface area contributed by atoms with Crippen molar-refractivity contribution in [3.05, 3.63) is 29.6 Å². The molecule has 0 aliphatic rings. The fourth-order valence-electron chi connectivity index (χ4n) is 1.34. The topological polar surface area (TPSA) is 49.3 Å². The molecule has 88 valence electrons. The molecule has 0 atom stereocenters. The largest absolute Gasteiger partial charge is 0.396 e. The highest BCUT2D eigenvalue weighted by atomic mass is 19.1. The number of aliphatic hydroxyl groups is 1. The van der Waals surface area contributed by atoms with Crippen molar-refractivity contribution in [2.45, 2.75) is 26.2 Å². The summed E-state index contributed by atoms with van der Waals surface area (Å²) in [6, 6.07) is 4.29. The molecular formula is C12H16FNO2. The van der Waals surface area contributed by atoms with Crippen LogP contribution in [0.5, 0.6) is 0 Å². The Balaban J connectivity index is 2.52. The van der Waals surface area contributed by atoms with Crippen molar-refractivity contribution >= 4 is 11.6 Å². The third-order valence-corrected chi connectivity index (χ3v) is 2.29. The van der Waals surface area contributed by atoms with Gasteiger partial charge in [0.15, 0.2) is 0 Å². The number of carbonyl (C=O) groups excluding carboxylic acids is 1. The molecule has 0 aliphatic carbocycles. The van der Waals surface area contributed by atoms with Crippen LogP contribution in [0.25, 0.3) is 0 Å². The van der Waals surface area contributed by atoms with Gasteiger partial charge in [-0.25, -0.2) is 4.39 Å². The molecule has 1 amide bonds. The Bertz CT molecular complexity index is 366. The lowest BCUT2D eigenvalue weighted by Gasteiger charge is -2.08. The first-order valence-electron chi connectivity index (χ1n) is 5.30. The van der Waals surface area contributed by atoms with Gasteiger partial charge in [0.05, 0.1) is 0 Å². The first kappa shape index (κ1) is 12.6. The van der Waals surface area contributed by atoms with Crippen LogP contribution in [0.4, 0.5) is 10.1 Å². The van der Waals surface area contributed by atoms with Gasteiger partial charge < -0.3 is 10.4 Å². The van der Waals surface area contributed by atoms with E-state index >= 15 is 0 Å². The molecule has 0 unspecified atom stereocenters. The summed E-state index contributed by atoms with van der Waals surface area (Å²) in [6.07, 6.45) is 1.59. The van der Waals surface area contributed by atoms with E-state index in [-0.39, 0.29) is 18.3 Å². The molecule has 0 aromatic heterocycles. The Kier molecular flexibility index (Phi) is 4.92. The minimum absolute atomic E-state index is 0.0896. The lowest BCUT2D eigenvalue weighted by atomic mass is 10.2. The molecule has 2 N–H and O–H groups in total. The molecular weight excluding hydrogens is 209 g/mol. The maximum Gasteiger partial charge on any atom is 0.224 e. The smallest absolute Gasteiger partial charge is 0.224 e. The van der Waals surface area contributed by atoms with Gasteiger partial charge in [0.25, 0.3) is 0 Å². The minimum atomic E-state index is -0.365. The Labute approximate surface area is 94.3 Å². The van der Waals surface area contributed by atoms with Crippen LogP contribution in [0.15, 0.2) is 18.2 Å². The predicted molar refractivity (Wildman–Crippen MR) is 60.7 cm³/mol. The zero-order valence-electron chi connectivity index (χ0n) is 9.29. The van der Waals surface area contributed by atoms with Crippen molar-refractivity contribution in [2.24, 2.45) is 0 Å². The zero-order chi connectivity index (χ0) is 12.0. The summed E-state index contributed by atoms with van der Waals surface area (Å²) in [6.45, 7) is 1.90. The van der Waals surface area contributed by atoms with Gasteiger partial charge >= 0.3 is 0 Å². The third kappa shape index (κ3) is 3.98. The summed E-state index contributed by atoms with van der Waals surface area (Å²) in [5.41, 5.74) is 1.34. The zero-order valence-corrected chi connectivity index (χ0v) is 9.29. The summed E-state index contributed by atoms with van der Waals surface area (Å²) >= 11 is 0. The Morgan fingerprint density at radius 3 is 2.88 bits per heavy atom. The van der Waals surface area contributed by atoms with Crippen LogP contribution in [-0.4, -0.2) is 17.6 Å². The molecule has 0 bridgehead atoms. The van der Waals surface area contributed by atoms with Crippen LogP contribution in [0.2, 0.25) is 0 Å². The van der Waals surface area contributed by atoms with Gasteiger partial charge in [0.1, 0.15) is 5.82 Å². The van der Waals surface area contributed by atoms with E-state index in [1.165, 1.54) is 12.1 Å². The highest BCUT2D eigenvalue weighted by molar-refractivity contribution is 5.91. The van der Waals surface area contributed by atoms with E-state index in [4.69, 9.17) is 5.11 Å². The van der Waals surface area contributed by atoms with Gasteiger partial charge in [-0.15, -0.1) is 0 Å². The molecule has 0 fully saturated rings. The van der Waals surface area contributed by atoms with Crippen molar-refractivity contribution in [3.63, 3.8) is 0 Å². The fourth-order valence-corrected chi connectivity index (χ4v) is 1.34. The van der Waals surface area contributed by atoms with E-state index in [0.717, 1.165) is 5.56 Å². The molecule has 0 saturated heterocycles. The van der Waals surface area contributed by atoms with E-state index < -0.39 is 0 Å². The van der Waals surface area contributed by atoms with Crippen LogP contribution in [0.3, 0.4) is 0 Å². The number of hydrogen-bond acceptors (Lipinski definition) is 2. The van der Waals surface area contributed by atoms with Crippen molar-refractivity contribution in [1.29, 1.82) is 0 Å². The van der Waals surface area contributed by atoms with E-state index in [2.05, 4.69) is 5.32 Å². The lowest BCUT2D eigenvalue weighted by Crippen LogP contribution is -2.12. The van der Waals surface area contributed by atoms with Gasteiger partial charge in [0, 0.05) is 18.7 Å². The number of carbonyl (C=O) groups is 1. The monoisotopic (exact) mass is 225 g/mol. The molecule has 16 heavy (non-hydrogen) atoms. The van der Waals surface area contributed by atoms with Crippen LogP contribution in [0.1, 0.15) is 24.8 Å². The number of benzene rings is 1. The predicted octanol–water partition coefficient (Wildman–Crippen LogP) is 2.24. The van der Waals surface area contributed by atoms with E-state index in [9.17, 15) is 9.18 Å². The van der Waals surface area contributed by atoms with Crippen molar-refractivity contribution in [1.82, 2.24) is 0 Å². The Morgan fingerprint density at radius 2 is 2.19 bits per heavy atom. The Morgan fingerprint density at radius 1 is 1.44 bits per heavy atom. The van der Waals surface area contributed by atoms with E-state index in [1.54, 1.807) is 6.07 Å². The van der Waals surface area contributed by atoms with Gasteiger partial charge in [-0.05, 0) is 37.5 Å². The van der Waals surface area contributed by atoms with E-state index in [1.807, 2.05) is 6.92 Å². The van der Waals surface area contributed by atoms with Crippen LogP contribution >= 0.6 is 0 Å². The standard InChI is InChI=1S/C12H16FNO2/c1-9-5-6-10(13)8-11(9)14-12(16)4-2-3-7-15/h5-6,8,15H,2-4,7H2,1H3,(H,14,16). The number of aryl methyl sites for hydroxylation is 1. The summed E-state index contributed by atoms with van der Waals surface area (Å²) in [7, 11) is 0. The molecule has 1 aromatic carbocycles. The van der Waals surface area contributed by atoms with Crippen LogP contribution in [0, 0.1) is 12.7 Å². The second-order valence-electron chi connectivity index (χ2n) is 3.69. The van der Waals surface area contributed by atoms with Crippen molar-refractivity contribution < 1.29 is 14.3 Å². The highest BCUT2D eigenvalue weighted by Crippen LogP contribution is 2.16. The third-order valence-electron chi connectivity index (χ3n) is 2.29. The lowest BCUT2D eigenvalue weighted by molar-refractivity contribution is -0.116. The Hall–Kier alpha value is -1.42. The summed E-state index contributed by atoms with van der Waals surface area (Å²) < 4.78 is 12.9. The molecule has 3 nitrogen and oxygen atoms in total. The molecule has 0 saturated carbocycles. The maximum absolute atomic E-state index is 12.9. The molecule has 4 heteroatoms. The minimum Gasteiger partial charge on any atom is -0.396 e. The van der Waals surface area contributed by atoms with Gasteiger partial charge in [-0.2, -0.15) is 0 Å². The molecule has 1 aromatic rings. The second kappa shape index (κ2) is 6.23. The second-order valence-corrected chi connectivity index (χ2v) is 3.69.